The van der Waals surface area contributed by atoms with Gasteiger partial charge in [0.05, 0.1) is 20.4 Å². The third kappa shape index (κ3) is 5.25. The van der Waals surface area contributed by atoms with Gasteiger partial charge in [-0.05, 0) is 47.9 Å². The number of hydrogen-bond donors (Lipinski definition) is 2. The van der Waals surface area contributed by atoms with Crippen LogP contribution >= 0.6 is 0 Å². The first kappa shape index (κ1) is 21.9. The summed E-state index contributed by atoms with van der Waals surface area (Å²) < 4.78 is 21.0. The molecule has 2 N–H and O–H groups in total. The minimum atomic E-state index is -0.777. The smallest absolute Gasteiger partial charge is 0.262 e. The van der Waals surface area contributed by atoms with Crippen molar-refractivity contribution < 1.29 is 28.5 Å². The number of ether oxygens (including phenoxy) is 4. The zero-order valence-electron chi connectivity index (χ0n) is 17.8. The van der Waals surface area contributed by atoms with E-state index < -0.39 is 17.9 Å². The summed E-state index contributed by atoms with van der Waals surface area (Å²) in [6.45, 7) is 3.79. The van der Waals surface area contributed by atoms with Crippen molar-refractivity contribution in [3.8, 4) is 23.0 Å². The summed E-state index contributed by atoms with van der Waals surface area (Å²) in [7, 11) is 3.09. The van der Waals surface area contributed by atoms with Gasteiger partial charge in [-0.3, -0.25) is 9.59 Å². The minimum Gasteiger partial charge on any atom is -0.493 e. The van der Waals surface area contributed by atoms with E-state index in [1.54, 1.807) is 43.5 Å². The molecule has 1 aliphatic heterocycles. The van der Waals surface area contributed by atoms with Gasteiger partial charge in [-0.25, -0.2) is 5.43 Å². The summed E-state index contributed by atoms with van der Waals surface area (Å²) in [5.74, 6) is 1.24. The number of carbonyl (C=O) groups is 2. The van der Waals surface area contributed by atoms with E-state index in [0.29, 0.717) is 34.1 Å². The number of hydrogen-bond acceptors (Lipinski definition) is 7. The number of hydrazone groups is 1. The Bertz CT molecular complexity index is 989. The van der Waals surface area contributed by atoms with Gasteiger partial charge in [0.15, 0.2) is 23.0 Å². The molecule has 1 atom stereocenters. The highest BCUT2D eigenvalue weighted by molar-refractivity contribution is 5.98. The van der Waals surface area contributed by atoms with E-state index >= 15 is 0 Å². The van der Waals surface area contributed by atoms with Gasteiger partial charge in [-0.2, -0.15) is 5.10 Å². The number of rotatable bonds is 8. The number of fused-ring (bicyclic) bond motifs is 1. The summed E-state index contributed by atoms with van der Waals surface area (Å²) >= 11 is 0. The van der Waals surface area contributed by atoms with Crippen LogP contribution in [0.2, 0.25) is 0 Å². The second-order valence-electron chi connectivity index (χ2n) is 7.11. The summed E-state index contributed by atoms with van der Waals surface area (Å²) in [5.41, 5.74) is 3.56. The molecule has 0 saturated heterocycles. The average Bonchev–Trinajstić information content (AvgIpc) is 3.24. The molecule has 0 radical (unpaired) electrons. The molecule has 9 heteroatoms. The normalized spacial score (nSPS) is 13.2. The topological polar surface area (TPSA) is 107 Å². The molecule has 0 spiro atoms. The molecule has 9 nitrogen and oxygen atoms in total. The van der Waals surface area contributed by atoms with Crippen molar-refractivity contribution in [2.75, 3.05) is 21.0 Å². The maximum Gasteiger partial charge on any atom is 0.262 e. The highest BCUT2D eigenvalue weighted by Crippen LogP contribution is 2.32. The zero-order valence-corrected chi connectivity index (χ0v) is 17.8. The molecule has 1 aliphatic rings. The molecular formula is C22H25N3O6. The minimum absolute atomic E-state index is 0.121. The molecule has 31 heavy (non-hydrogen) atoms. The van der Waals surface area contributed by atoms with Crippen LogP contribution in [-0.4, -0.2) is 45.1 Å². The first-order valence-corrected chi connectivity index (χ1v) is 9.68. The third-order valence-electron chi connectivity index (χ3n) is 4.67. The molecule has 0 bridgehead atoms. The van der Waals surface area contributed by atoms with Crippen LogP contribution < -0.4 is 29.7 Å². The Hall–Kier alpha value is -3.75. The Balaban J connectivity index is 1.64. The van der Waals surface area contributed by atoms with Crippen molar-refractivity contribution in [2.45, 2.75) is 19.9 Å². The fourth-order valence-corrected chi connectivity index (χ4v) is 2.97. The van der Waals surface area contributed by atoms with Gasteiger partial charge in [-0.1, -0.05) is 13.8 Å². The Kier molecular flexibility index (Phi) is 6.96. The van der Waals surface area contributed by atoms with E-state index in [1.165, 1.54) is 13.3 Å². The van der Waals surface area contributed by atoms with Crippen LogP contribution in [0.4, 0.5) is 0 Å². The number of benzene rings is 2. The molecule has 0 aromatic heterocycles. The van der Waals surface area contributed by atoms with Gasteiger partial charge in [0.1, 0.15) is 6.04 Å². The fourth-order valence-electron chi connectivity index (χ4n) is 2.97. The molecular weight excluding hydrogens is 402 g/mol. The Morgan fingerprint density at radius 3 is 2.48 bits per heavy atom. The molecule has 164 valence electrons. The van der Waals surface area contributed by atoms with Crippen LogP contribution in [0.25, 0.3) is 0 Å². The van der Waals surface area contributed by atoms with Crippen molar-refractivity contribution in [3.05, 3.63) is 47.5 Å². The second-order valence-corrected chi connectivity index (χ2v) is 7.11. The molecule has 2 aromatic rings. The Morgan fingerprint density at radius 2 is 1.77 bits per heavy atom. The Labute approximate surface area is 180 Å². The zero-order chi connectivity index (χ0) is 22.4. The van der Waals surface area contributed by atoms with Crippen LogP contribution in [0.1, 0.15) is 29.8 Å². The summed E-state index contributed by atoms with van der Waals surface area (Å²) in [5, 5.41) is 6.74. The maximum atomic E-state index is 12.6. The van der Waals surface area contributed by atoms with Crippen molar-refractivity contribution >= 4 is 18.0 Å². The van der Waals surface area contributed by atoms with Gasteiger partial charge in [0.2, 0.25) is 6.79 Å². The van der Waals surface area contributed by atoms with Gasteiger partial charge in [0.25, 0.3) is 11.8 Å². The summed E-state index contributed by atoms with van der Waals surface area (Å²) in [6.07, 6.45) is 1.48. The van der Waals surface area contributed by atoms with Crippen molar-refractivity contribution in [3.63, 3.8) is 0 Å². The van der Waals surface area contributed by atoms with Crippen LogP contribution in [0.3, 0.4) is 0 Å². The molecule has 2 amide bonds. The van der Waals surface area contributed by atoms with Crippen LogP contribution in [0, 0.1) is 5.92 Å². The second kappa shape index (κ2) is 9.84. The lowest BCUT2D eigenvalue weighted by atomic mass is 10.0. The molecule has 0 unspecified atom stereocenters. The quantitative estimate of drug-likeness (QED) is 0.495. The van der Waals surface area contributed by atoms with Gasteiger partial charge >= 0.3 is 0 Å². The predicted molar refractivity (Wildman–Crippen MR) is 114 cm³/mol. The van der Waals surface area contributed by atoms with Gasteiger partial charge in [0, 0.05) is 5.56 Å². The highest BCUT2D eigenvalue weighted by Gasteiger charge is 2.25. The monoisotopic (exact) mass is 427 g/mol. The van der Waals surface area contributed by atoms with Crippen LogP contribution in [-0.2, 0) is 4.79 Å². The SMILES string of the molecule is COc1ccc(/C=N/NC(=O)[C@H](NC(=O)c2ccc3c(c2)OCO3)C(C)C)cc1OC. The van der Waals surface area contributed by atoms with Crippen molar-refractivity contribution in [1.82, 2.24) is 10.7 Å². The van der Waals surface area contributed by atoms with Crippen LogP contribution in [0.15, 0.2) is 41.5 Å². The molecule has 0 fully saturated rings. The van der Waals surface area contributed by atoms with Crippen LogP contribution in [0.5, 0.6) is 23.0 Å². The van der Waals surface area contributed by atoms with E-state index in [4.69, 9.17) is 18.9 Å². The molecule has 0 saturated carbocycles. The lowest BCUT2D eigenvalue weighted by Crippen LogP contribution is -2.48. The van der Waals surface area contributed by atoms with E-state index in [2.05, 4.69) is 15.8 Å². The number of methoxy groups -OCH3 is 2. The molecule has 1 heterocycles. The number of nitrogens with zero attached hydrogens (tertiary/aromatic N) is 1. The Morgan fingerprint density at radius 1 is 1.03 bits per heavy atom. The fraction of sp³-hybridized carbons (Fsp3) is 0.318. The van der Waals surface area contributed by atoms with Gasteiger partial charge in [-0.15, -0.1) is 0 Å². The van der Waals surface area contributed by atoms with Crippen molar-refractivity contribution in [2.24, 2.45) is 11.0 Å². The molecule has 3 rings (SSSR count). The maximum absolute atomic E-state index is 12.6. The molecule has 2 aromatic carbocycles. The number of amides is 2. The van der Waals surface area contributed by atoms with Crippen molar-refractivity contribution in [1.29, 1.82) is 0 Å². The first-order valence-electron chi connectivity index (χ1n) is 9.68. The highest BCUT2D eigenvalue weighted by atomic mass is 16.7. The lowest BCUT2D eigenvalue weighted by Gasteiger charge is -2.20. The van der Waals surface area contributed by atoms with E-state index in [1.807, 2.05) is 13.8 Å². The average molecular weight is 427 g/mol. The number of carbonyl (C=O) groups excluding carboxylic acids is 2. The largest absolute Gasteiger partial charge is 0.493 e. The predicted octanol–water partition coefficient (Wildman–Crippen LogP) is 2.34. The standard InChI is InChI=1S/C22H25N3O6/c1-13(2)20(24-21(26)15-6-8-17-19(10-15)31-12-30-17)22(27)25-23-11-14-5-7-16(28-3)18(9-14)29-4/h5-11,13,20H,12H2,1-4H3,(H,24,26)(H,25,27)/b23-11+/t20-/m1/s1. The van der Waals surface area contributed by atoms with Gasteiger partial charge < -0.3 is 24.3 Å². The van der Waals surface area contributed by atoms with E-state index in [9.17, 15) is 9.59 Å². The van der Waals surface area contributed by atoms with E-state index in [0.717, 1.165) is 0 Å². The summed E-state index contributed by atoms with van der Waals surface area (Å²) in [4.78, 5) is 25.3. The summed E-state index contributed by atoms with van der Waals surface area (Å²) in [6, 6.07) is 9.34. The van der Waals surface area contributed by atoms with E-state index in [-0.39, 0.29) is 12.7 Å². The third-order valence-corrected chi connectivity index (χ3v) is 4.67. The molecule has 0 aliphatic carbocycles. The first-order chi connectivity index (χ1) is 14.9. The number of nitrogens with one attached hydrogen (secondary N) is 2. The lowest BCUT2D eigenvalue weighted by molar-refractivity contribution is -0.123.